The van der Waals surface area contributed by atoms with Crippen molar-refractivity contribution in [3.05, 3.63) is 121 Å². The lowest BCUT2D eigenvalue weighted by Gasteiger charge is -2.39. The van der Waals surface area contributed by atoms with E-state index in [1.165, 1.54) is 0 Å². The van der Waals surface area contributed by atoms with Crippen molar-refractivity contribution in [2.45, 2.75) is 48.1 Å². The summed E-state index contributed by atoms with van der Waals surface area (Å²) < 4.78 is 0.827. The summed E-state index contributed by atoms with van der Waals surface area (Å²) in [6.07, 6.45) is 4.69. The number of carbonyl (C=O) groups is 3. The fourth-order valence-electron chi connectivity index (χ4n) is 8.15. The molecule has 4 aromatic rings. The van der Waals surface area contributed by atoms with E-state index in [0.717, 1.165) is 16.6 Å². The van der Waals surface area contributed by atoms with Crippen LogP contribution in [0.2, 0.25) is 0 Å². The van der Waals surface area contributed by atoms with Gasteiger partial charge >= 0.3 is 0 Å². The van der Waals surface area contributed by atoms with Gasteiger partial charge in [0.15, 0.2) is 0 Å². The number of para-hydroxylation sites is 1. The summed E-state index contributed by atoms with van der Waals surface area (Å²) >= 11 is 1.62. The molecule has 1 spiro atoms. The van der Waals surface area contributed by atoms with Crippen molar-refractivity contribution in [2.75, 3.05) is 19.7 Å². The van der Waals surface area contributed by atoms with Crippen LogP contribution in [0.25, 0.3) is 11.0 Å². The SMILES string of the molecule is C=CCN(Cn1nnc2ccccc21)C(=O)C1N([C@H](CO)c2ccccc2)C(=O)[C@@H]2[C@@H](C(=O)N(CC=C)Cc3ccccc3)[C@H]3CCC12S3. The van der Waals surface area contributed by atoms with E-state index < -0.39 is 28.7 Å². The van der Waals surface area contributed by atoms with Gasteiger partial charge in [0, 0.05) is 24.9 Å². The molecule has 3 amide bonds. The molecule has 6 atom stereocenters. The Labute approximate surface area is 290 Å². The molecule has 0 radical (unpaired) electrons. The zero-order valence-electron chi connectivity index (χ0n) is 27.3. The fraction of sp³-hybridized carbons (Fsp3) is 0.342. The molecule has 1 N–H and O–H groups in total. The van der Waals surface area contributed by atoms with Gasteiger partial charge in [-0.2, -0.15) is 0 Å². The number of hydrogen-bond acceptors (Lipinski definition) is 7. The Balaban J connectivity index is 1.29. The lowest BCUT2D eigenvalue weighted by molar-refractivity contribution is -0.148. The number of benzene rings is 3. The number of thioether (sulfide) groups is 1. The summed E-state index contributed by atoms with van der Waals surface area (Å²) in [6, 6.07) is 25.0. The van der Waals surface area contributed by atoms with E-state index in [0.29, 0.717) is 31.4 Å². The highest BCUT2D eigenvalue weighted by molar-refractivity contribution is 8.02. The smallest absolute Gasteiger partial charge is 0.248 e. The second-order valence-electron chi connectivity index (χ2n) is 13.0. The highest BCUT2D eigenvalue weighted by atomic mass is 32.2. The van der Waals surface area contributed by atoms with Crippen LogP contribution < -0.4 is 0 Å². The van der Waals surface area contributed by atoms with Crippen LogP contribution in [0.1, 0.15) is 30.0 Å². The normalized spacial score (nSPS) is 24.5. The van der Waals surface area contributed by atoms with Crippen LogP contribution >= 0.6 is 11.8 Å². The maximum Gasteiger partial charge on any atom is 0.248 e. The molecule has 11 heteroatoms. The number of nitrogens with zero attached hydrogens (tertiary/aromatic N) is 6. The summed E-state index contributed by atoms with van der Waals surface area (Å²) in [7, 11) is 0. The molecule has 3 aliphatic rings. The first-order chi connectivity index (χ1) is 23.9. The van der Waals surface area contributed by atoms with E-state index in [1.54, 1.807) is 43.3 Å². The molecule has 2 unspecified atom stereocenters. The van der Waals surface area contributed by atoms with Crippen LogP contribution in [0.4, 0.5) is 0 Å². The average molecular weight is 677 g/mol. The third kappa shape index (κ3) is 5.64. The number of carbonyl (C=O) groups excluding carboxylic acids is 3. The molecule has 49 heavy (non-hydrogen) atoms. The number of rotatable bonds is 13. The molecule has 3 fully saturated rings. The molecule has 3 saturated heterocycles. The molecule has 0 aliphatic carbocycles. The van der Waals surface area contributed by atoms with Gasteiger partial charge in [0.05, 0.1) is 34.7 Å². The van der Waals surface area contributed by atoms with Gasteiger partial charge in [0.2, 0.25) is 17.7 Å². The average Bonchev–Trinajstić information content (AvgIpc) is 3.88. The van der Waals surface area contributed by atoms with E-state index >= 15 is 4.79 Å². The molecular weight excluding hydrogens is 637 g/mol. The molecule has 3 aliphatic heterocycles. The second kappa shape index (κ2) is 13.6. The van der Waals surface area contributed by atoms with Crippen LogP contribution in [0.15, 0.2) is 110 Å². The van der Waals surface area contributed by atoms with Crippen molar-refractivity contribution in [1.29, 1.82) is 0 Å². The van der Waals surface area contributed by atoms with Gasteiger partial charge in [-0.05, 0) is 36.1 Å². The van der Waals surface area contributed by atoms with Crippen molar-refractivity contribution in [1.82, 2.24) is 29.7 Å². The minimum atomic E-state index is -0.924. The summed E-state index contributed by atoms with van der Waals surface area (Å²) in [4.78, 5) is 49.7. The van der Waals surface area contributed by atoms with Gasteiger partial charge in [-0.25, -0.2) is 4.68 Å². The van der Waals surface area contributed by atoms with Crippen LogP contribution in [0.3, 0.4) is 0 Å². The molecule has 2 bridgehead atoms. The lowest BCUT2D eigenvalue weighted by atomic mass is 9.70. The molecule has 0 saturated carbocycles. The Bertz CT molecular complexity index is 1870. The first kappa shape index (κ1) is 32.8. The number of aliphatic hydroxyl groups is 1. The standard InChI is InChI=1S/C38H40N6O4S/c1-3-21-41(23-26-13-7-5-8-14-26)35(46)32-31-19-20-38(49-31)33(32)36(47)44(30(24-45)27-15-9-6-10-16-27)34(38)37(48)42(22-4-2)25-43-29-18-12-11-17-28(29)39-40-43/h3-18,30-34,45H,1-2,19-25H2/t30-,31-,32+,33+,34?,38?/m1/s1. The molecule has 7 rings (SSSR count). The maximum absolute atomic E-state index is 15.1. The zero-order valence-corrected chi connectivity index (χ0v) is 28.1. The number of fused-ring (bicyclic) bond motifs is 2. The first-order valence-electron chi connectivity index (χ1n) is 16.7. The third-order valence-corrected chi connectivity index (χ3v) is 12.2. The van der Waals surface area contributed by atoms with Crippen molar-refractivity contribution in [3.63, 3.8) is 0 Å². The first-order valence-corrected chi connectivity index (χ1v) is 17.6. The van der Waals surface area contributed by atoms with Crippen molar-refractivity contribution in [2.24, 2.45) is 11.8 Å². The van der Waals surface area contributed by atoms with E-state index in [9.17, 15) is 14.7 Å². The lowest BCUT2D eigenvalue weighted by Crippen LogP contribution is -2.56. The number of amides is 3. The van der Waals surface area contributed by atoms with Gasteiger partial charge in [-0.15, -0.1) is 30.0 Å². The van der Waals surface area contributed by atoms with Gasteiger partial charge in [-0.1, -0.05) is 90.2 Å². The van der Waals surface area contributed by atoms with Crippen molar-refractivity contribution < 1.29 is 19.5 Å². The summed E-state index contributed by atoms with van der Waals surface area (Å²) in [6.45, 7) is 8.50. The van der Waals surface area contributed by atoms with Gasteiger partial charge in [0.1, 0.15) is 18.2 Å². The van der Waals surface area contributed by atoms with E-state index in [1.807, 2.05) is 84.9 Å². The Morgan fingerprint density at radius 3 is 2.35 bits per heavy atom. The molecule has 4 heterocycles. The Morgan fingerprint density at radius 1 is 0.959 bits per heavy atom. The monoisotopic (exact) mass is 676 g/mol. The molecule has 3 aromatic carbocycles. The predicted molar refractivity (Wildman–Crippen MR) is 189 cm³/mol. The van der Waals surface area contributed by atoms with E-state index in [2.05, 4.69) is 23.5 Å². The largest absolute Gasteiger partial charge is 0.394 e. The quantitative estimate of drug-likeness (QED) is 0.209. The van der Waals surface area contributed by atoms with Gasteiger partial charge < -0.3 is 19.8 Å². The summed E-state index contributed by atoms with van der Waals surface area (Å²) in [5.74, 6) is -1.98. The molecule has 1 aromatic heterocycles. The van der Waals surface area contributed by atoms with E-state index in [-0.39, 0.29) is 42.8 Å². The highest BCUT2D eigenvalue weighted by Crippen LogP contribution is 2.67. The number of likely N-dealkylation sites (tertiary alicyclic amines) is 1. The molecular formula is C38H40N6O4S. The number of aromatic nitrogens is 3. The second-order valence-corrected chi connectivity index (χ2v) is 14.6. The predicted octanol–water partition coefficient (Wildman–Crippen LogP) is 4.44. The summed E-state index contributed by atoms with van der Waals surface area (Å²) in [5, 5.41) is 19.4. The Morgan fingerprint density at radius 2 is 1.63 bits per heavy atom. The van der Waals surface area contributed by atoms with Gasteiger partial charge in [0.25, 0.3) is 0 Å². The number of aliphatic hydroxyl groups excluding tert-OH is 1. The minimum Gasteiger partial charge on any atom is -0.394 e. The van der Waals surface area contributed by atoms with Crippen LogP contribution in [0, 0.1) is 11.8 Å². The minimum absolute atomic E-state index is 0.0976. The number of hydrogen-bond donors (Lipinski definition) is 1. The maximum atomic E-state index is 15.1. The summed E-state index contributed by atoms with van der Waals surface area (Å²) in [5.41, 5.74) is 3.20. The molecule has 10 nitrogen and oxygen atoms in total. The zero-order chi connectivity index (χ0) is 34.1. The van der Waals surface area contributed by atoms with Crippen molar-refractivity contribution in [3.8, 4) is 0 Å². The topological polar surface area (TPSA) is 112 Å². The highest BCUT2D eigenvalue weighted by Gasteiger charge is 2.74. The van der Waals surface area contributed by atoms with Crippen LogP contribution in [0.5, 0.6) is 0 Å². The Hall–Kier alpha value is -4.74. The van der Waals surface area contributed by atoms with Gasteiger partial charge in [-0.3, -0.25) is 14.4 Å². The van der Waals surface area contributed by atoms with E-state index in [4.69, 9.17) is 0 Å². The Kier molecular flexibility index (Phi) is 9.13. The fourth-order valence-corrected chi connectivity index (χ4v) is 10.3. The molecule has 252 valence electrons. The van der Waals surface area contributed by atoms with Crippen LogP contribution in [-0.4, -0.2) is 88.3 Å². The van der Waals surface area contributed by atoms with Crippen molar-refractivity contribution >= 4 is 40.5 Å². The van der Waals surface area contributed by atoms with Crippen LogP contribution in [-0.2, 0) is 27.6 Å². The third-order valence-electron chi connectivity index (χ3n) is 10.2.